The van der Waals surface area contributed by atoms with Crippen molar-refractivity contribution in [1.29, 1.82) is 0 Å². The Labute approximate surface area is 129 Å². The van der Waals surface area contributed by atoms with Crippen LogP contribution in [0.1, 0.15) is 28.0 Å². The molecule has 2 aromatic heterocycles. The maximum absolute atomic E-state index is 12.3. The lowest BCUT2D eigenvalue weighted by Gasteiger charge is -2.19. The highest BCUT2D eigenvalue weighted by Gasteiger charge is 2.19. The van der Waals surface area contributed by atoms with Gasteiger partial charge in [0.25, 0.3) is 5.91 Å². The lowest BCUT2D eigenvalue weighted by molar-refractivity contribution is 0.0948. The number of fused-ring (bicyclic) bond motifs is 1. The first-order valence-electron chi connectivity index (χ1n) is 6.92. The number of hydrogen-bond donors (Lipinski definition) is 2. The molecule has 0 aromatic carbocycles. The number of nitrogens with zero attached hydrogens (tertiary/aromatic N) is 2. The van der Waals surface area contributed by atoms with E-state index in [4.69, 9.17) is 5.73 Å². The fourth-order valence-electron chi connectivity index (χ4n) is 2.15. The van der Waals surface area contributed by atoms with Gasteiger partial charge in [0, 0.05) is 34.1 Å². The first-order valence-corrected chi connectivity index (χ1v) is 7.73. The number of carbonyl (C=O) groups excluding carboxylic acids is 1. The Morgan fingerprint density at radius 3 is 2.76 bits per heavy atom. The standard InChI is InChI=1S/C15H22N4OS/c1-8-6-11-12(10(3)18-8)13(16)14(21-11)15(20)17-7-9(2)19(4)5/h6,9H,7,16H2,1-5H3,(H,17,20). The van der Waals surface area contributed by atoms with Gasteiger partial charge in [0.2, 0.25) is 0 Å². The van der Waals surface area contributed by atoms with Gasteiger partial charge in [0.05, 0.1) is 5.69 Å². The molecule has 6 heteroatoms. The first-order chi connectivity index (χ1) is 9.81. The molecule has 0 saturated carbocycles. The highest BCUT2D eigenvalue weighted by Crippen LogP contribution is 2.35. The highest BCUT2D eigenvalue weighted by molar-refractivity contribution is 7.21. The molecule has 0 spiro atoms. The highest BCUT2D eigenvalue weighted by atomic mass is 32.1. The van der Waals surface area contributed by atoms with Crippen molar-refractivity contribution in [2.45, 2.75) is 26.8 Å². The molecule has 1 atom stereocenters. The number of rotatable bonds is 4. The number of amides is 1. The van der Waals surface area contributed by atoms with Gasteiger partial charge in [-0.3, -0.25) is 9.78 Å². The van der Waals surface area contributed by atoms with E-state index >= 15 is 0 Å². The molecule has 0 aliphatic carbocycles. The zero-order chi connectivity index (χ0) is 15.7. The van der Waals surface area contributed by atoms with Crippen LogP contribution in [0.25, 0.3) is 10.1 Å². The summed E-state index contributed by atoms with van der Waals surface area (Å²) in [4.78, 5) is 19.4. The van der Waals surface area contributed by atoms with Crippen molar-refractivity contribution in [2.75, 3.05) is 26.4 Å². The van der Waals surface area contributed by atoms with E-state index in [9.17, 15) is 4.79 Å². The Bertz CT molecular complexity index is 678. The molecular weight excluding hydrogens is 284 g/mol. The average molecular weight is 306 g/mol. The van der Waals surface area contributed by atoms with Crippen LogP contribution in [0.15, 0.2) is 6.07 Å². The minimum Gasteiger partial charge on any atom is -0.397 e. The van der Waals surface area contributed by atoms with E-state index in [0.29, 0.717) is 17.1 Å². The van der Waals surface area contributed by atoms with Crippen LogP contribution in [-0.2, 0) is 0 Å². The lowest BCUT2D eigenvalue weighted by atomic mass is 10.2. The summed E-state index contributed by atoms with van der Waals surface area (Å²) in [5.41, 5.74) is 8.51. The summed E-state index contributed by atoms with van der Waals surface area (Å²) in [5, 5.41) is 3.84. The molecule has 0 aliphatic rings. The van der Waals surface area contributed by atoms with Crippen molar-refractivity contribution >= 4 is 33.0 Å². The smallest absolute Gasteiger partial charge is 0.263 e. The molecule has 0 bridgehead atoms. The van der Waals surface area contributed by atoms with Gasteiger partial charge in [-0.2, -0.15) is 0 Å². The molecule has 3 N–H and O–H groups in total. The number of aromatic nitrogens is 1. The number of thiophene rings is 1. The summed E-state index contributed by atoms with van der Waals surface area (Å²) >= 11 is 1.43. The Kier molecular flexibility index (Phi) is 4.49. The van der Waals surface area contributed by atoms with E-state index in [1.54, 1.807) is 0 Å². The van der Waals surface area contributed by atoms with Crippen LogP contribution in [0, 0.1) is 13.8 Å². The minimum absolute atomic E-state index is 0.112. The molecule has 1 amide bonds. The normalized spacial score (nSPS) is 12.9. The van der Waals surface area contributed by atoms with Crippen LogP contribution in [-0.4, -0.2) is 42.5 Å². The number of hydrogen-bond acceptors (Lipinski definition) is 5. The largest absolute Gasteiger partial charge is 0.397 e. The zero-order valence-corrected chi connectivity index (χ0v) is 14.0. The van der Waals surface area contributed by atoms with Crippen LogP contribution in [0.3, 0.4) is 0 Å². The molecular formula is C15H22N4OS. The van der Waals surface area contributed by atoms with Crippen LogP contribution in [0.5, 0.6) is 0 Å². The number of carbonyl (C=O) groups is 1. The maximum Gasteiger partial charge on any atom is 0.263 e. The average Bonchev–Trinajstić information content (AvgIpc) is 2.72. The lowest BCUT2D eigenvalue weighted by Crippen LogP contribution is -2.38. The van der Waals surface area contributed by atoms with Gasteiger partial charge >= 0.3 is 0 Å². The zero-order valence-electron chi connectivity index (χ0n) is 13.2. The maximum atomic E-state index is 12.3. The number of anilines is 1. The van der Waals surface area contributed by atoms with Gasteiger partial charge in [-0.15, -0.1) is 11.3 Å². The fraction of sp³-hybridized carbons (Fsp3) is 0.467. The molecule has 2 heterocycles. The second-order valence-corrected chi connectivity index (χ2v) is 6.64. The van der Waals surface area contributed by atoms with Crippen molar-refractivity contribution in [3.8, 4) is 0 Å². The Morgan fingerprint density at radius 2 is 2.14 bits per heavy atom. The molecule has 21 heavy (non-hydrogen) atoms. The number of nitrogens with two attached hydrogens (primary N) is 1. The number of nitrogen functional groups attached to an aromatic ring is 1. The molecule has 2 rings (SSSR count). The van der Waals surface area contributed by atoms with Gasteiger partial charge in [-0.05, 0) is 40.9 Å². The monoisotopic (exact) mass is 306 g/mol. The Morgan fingerprint density at radius 1 is 1.48 bits per heavy atom. The predicted octanol–water partition coefficient (Wildman–Crippen LogP) is 2.18. The minimum atomic E-state index is -0.112. The van der Waals surface area contributed by atoms with Crippen molar-refractivity contribution in [1.82, 2.24) is 15.2 Å². The molecule has 114 valence electrons. The van der Waals surface area contributed by atoms with Gasteiger partial charge in [-0.25, -0.2) is 0 Å². The molecule has 2 aromatic rings. The molecule has 0 fully saturated rings. The van der Waals surface area contributed by atoms with Crippen molar-refractivity contribution < 1.29 is 4.79 Å². The van der Waals surface area contributed by atoms with Crippen LogP contribution in [0.2, 0.25) is 0 Å². The quantitative estimate of drug-likeness (QED) is 0.908. The molecule has 1 unspecified atom stereocenters. The van der Waals surface area contributed by atoms with Gasteiger partial charge in [-0.1, -0.05) is 0 Å². The van der Waals surface area contributed by atoms with Crippen molar-refractivity contribution in [2.24, 2.45) is 0 Å². The van der Waals surface area contributed by atoms with E-state index < -0.39 is 0 Å². The van der Waals surface area contributed by atoms with Crippen LogP contribution in [0.4, 0.5) is 5.69 Å². The van der Waals surface area contributed by atoms with Gasteiger partial charge < -0.3 is 16.0 Å². The second-order valence-electron chi connectivity index (χ2n) is 5.59. The van der Waals surface area contributed by atoms with Gasteiger partial charge in [0.1, 0.15) is 4.88 Å². The molecule has 0 saturated heterocycles. The second kappa shape index (κ2) is 5.99. The third kappa shape index (κ3) is 3.16. The summed E-state index contributed by atoms with van der Waals surface area (Å²) in [6.07, 6.45) is 0. The van der Waals surface area contributed by atoms with E-state index in [0.717, 1.165) is 21.5 Å². The summed E-state index contributed by atoms with van der Waals surface area (Å²) in [6, 6.07) is 2.25. The van der Waals surface area contributed by atoms with E-state index in [1.165, 1.54) is 11.3 Å². The van der Waals surface area contributed by atoms with E-state index in [2.05, 4.69) is 22.1 Å². The molecule has 0 radical (unpaired) electrons. The predicted molar refractivity (Wildman–Crippen MR) is 89.0 cm³/mol. The molecule has 5 nitrogen and oxygen atoms in total. The number of likely N-dealkylation sites (N-methyl/N-ethyl adjacent to an activating group) is 1. The topological polar surface area (TPSA) is 71.2 Å². The summed E-state index contributed by atoms with van der Waals surface area (Å²) in [6.45, 7) is 6.52. The van der Waals surface area contributed by atoms with E-state index in [-0.39, 0.29) is 11.9 Å². The van der Waals surface area contributed by atoms with Crippen LogP contribution >= 0.6 is 11.3 Å². The summed E-state index contributed by atoms with van der Waals surface area (Å²) < 4.78 is 1.02. The van der Waals surface area contributed by atoms with Crippen molar-refractivity contribution in [3.63, 3.8) is 0 Å². The first kappa shape index (κ1) is 15.7. The third-order valence-corrected chi connectivity index (χ3v) is 4.82. The van der Waals surface area contributed by atoms with Crippen molar-refractivity contribution in [3.05, 3.63) is 22.3 Å². The third-order valence-electron chi connectivity index (χ3n) is 3.66. The Balaban J connectivity index is 2.28. The number of nitrogens with one attached hydrogen (secondary N) is 1. The molecule has 0 aliphatic heterocycles. The van der Waals surface area contributed by atoms with E-state index in [1.807, 2.05) is 34.0 Å². The summed E-state index contributed by atoms with van der Waals surface area (Å²) in [5.74, 6) is -0.112. The Hall–Kier alpha value is -1.66. The number of aryl methyl sites for hydroxylation is 2. The van der Waals surface area contributed by atoms with Crippen LogP contribution < -0.4 is 11.1 Å². The summed E-state index contributed by atoms with van der Waals surface area (Å²) in [7, 11) is 3.98. The fourth-order valence-corrected chi connectivity index (χ4v) is 3.34. The SMILES string of the molecule is Cc1cc2sc(C(=O)NCC(C)N(C)C)c(N)c2c(C)n1. The number of pyridine rings is 1. The van der Waals surface area contributed by atoms with Gasteiger partial charge in [0.15, 0.2) is 0 Å².